The van der Waals surface area contributed by atoms with Crippen LogP contribution in [0, 0.1) is 11.3 Å². The van der Waals surface area contributed by atoms with Gasteiger partial charge < -0.3 is 4.90 Å². The largest absolute Gasteiger partial charge is 0.353 e. The topological polar surface area (TPSA) is 70.6 Å². The SMILES string of the molecule is N#Cc1cc2c(nc1N1CCc3nc(C4CC4)nn3CC1)CCCC2. The molecule has 0 unspecified atom stereocenters. The molecular weight excluding hydrogens is 312 g/mol. The smallest absolute Gasteiger partial charge is 0.154 e. The van der Waals surface area contributed by atoms with E-state index in [4.69, 9.17) is 15.1 Å². The van der Waals surface area contributed by atoms with Gasteiger partial charge in [0.2, 0.25) is 0 Å². The van der Waals surface area contributed by atoms with Crippen LogP contribution in [-0.4, -0.2) is 32.8 Å². The van der Waals surface area contributed by atoms with Gasteiger partial charge in [-0.3, -0.25) is 0 Å². The van der Waals surface area contributed by atoms with E-state index in [2.05, 4.69) is 21.7 Å². The summed E-state index contributed by atoms with van der Waals surface area (Å²) in [6.45, 7) is 2.50. The molecule has 0 amide bonds. The number of aryl methyl sites for hydroxylation is 2. The van der Waals surface area contributed by atoms with E-state index >= 15 is 0 Å². The lowest BCUT2D eigenvalue weighted by Crippen LogP contribution is -2.29. The Kier molecular flexibility index (Phi) is 3.47. The molecular formula is C19H22N6. The van der Waals surface area contributed by atoms with Crippen LogP contribution >= 0.6 is 0 Å². The predicted octanol–water partition coefficient (Wildman–Crippen LogP) is 2.36. The maximum Gasteiger partial charge on any atom is 0.154 e. The zero-order valence-electron chi connectivity index (χ0n) is 14.4. The number of aromatic nitrogens is 4. The van der Waals surface area contributed by atoms with Crippen molar-refractivity contribution in [2.45, 2.75) is 57.4 Å². The summed E-state index contributed by atoms with van der Waals surface area (Å²) in [5.41, 5.74) is 3.17. The van der Waals surface area contributed by atoms with Gasteiger partial charge >= 0.3 is 0 Å². The first-order chi connectivity index (χ1) is 12.3. The second-order valence-electron chi connectivity index (χ2n) is 7.40. The molecule has 0 bridgehead atoms. The van der Waals surface area contributed by atoms with Gasteiger partial charge in [-0.2, -0.15) is 10.4 Å². The summed E-state index contributed by atoms with van der Waals surface area (Å²) in [6.07, 6.45) is 7.84. The zero-order valence-corrected chi connectivity index (χ0v) is 14.4. The zero-order chi connectivity index (χ0) is 16.8. The quantitative estimate of drug-likeness (QED) is 0.843. The Morgan fingerprint density at radius 3 is 2.76 bits per heavy atom. The van der Waals surface area contributed by atoms with Crippen LogP contribution in [0.1, 0.15) is 60.1 Å². The van der Waals surface area contributed by atoms with Crippen molar-refractivity contribution in [1.82, 2.24) is 19.7 Å². The van der Waals surface area contributed by atoms with Crippen molar-refractivity contribution in [3.8, 4) is 6.07 Å². The van der Waals surface area contributed by atoms with Gasteiger partial charge in [0.15, 0.2) is 5.82 Å². The summed E-state index contributed by atoms with van der Waals surface area (Å²) in [6, 6.07) is 4.44. The highest BCUT2D eigenvalue weighted by Crippen LogP contribution is 2.38. The van der Waals surface area contributed by atoms with Crippen LogP contribution < -0.4 is 4.90 Å². The second-order valence-corrected chi connectivity index (χ2v) is 7.40. The van der Waals surface area contributed by atoms with Crippen molar-refractivity contribution < 1.29 is 0 Å². The molecule has 2 aromatic heterocycles. The molecule has 6 heteroatoms. The maximum atomic E-state index is 9.61. The van der Waals surface area contributed by atoms with Gasteiger partial charge in [-0.05, 0) is 50.2 Å². The first kappa shape index (κ1) is 14.9. The highest BCUT2D eigenvalue weighted by atomic mass is 15.4. The van der Waals surface area contributed by atoms with E-state index < -0.39 is 0 Å². The van der Waals surface area contributed by atoms with E-state index in [0.29, 0.717) is 11.5 Å². The number of anilines is 1. The molecule has 128 valence electrons. The molecule has 2 aromatic rings. The van der Waals surface area contributed by atoms with E-state index in [0.717, 1.165) is 56.4 Å². The Morgan fingerprint density at radius 1 is 1.04 bits per heavy atom. The molecule has 1 aliphatic heterocycles. The Morgan fingerprint density at radius 2 is 1.92 bits per heavy atom. The van der Waals surface area contributed by atoms with Gasteiger partial charge in [-0.25, -0.2) is 14.6 Å². The number of pyridine rings is 1. The number of fused-ring (bicyclic) bond motifs is 2. The fourth-order valence-corrected chi connectivity index (χ4v) is 3.99. The van der Waals surface area contributed by atoms with Crippen molar-refractivity contribution in [3.63, 3.8) is 0 Å². The summed E-state index contributed by atoms with van der Waals surface area (Å²) in [5, 5.41) is 14.3. The van der Waals surface area contributed by atoms with Crippen LogP contribution in [0.2, 0.25) is 0 Å². The lowest BCUT2D eigenvalue weighted by molar-refractivity contribution is 0.600. The minimum absolute atomic E-state index is 0.600. The average molecular weight is 334 g/mol. The predicted molar refractivity (Wildman–Crippen MR) is 93.5 cm³/mol. The van der Waals surface area contributed by atoms with Gasteiger partial charge in [0.25, 0.3) is 0 Å². The van der Waals surface area contributed by atoms with Crippen molar-refractivity contribution in [2.75, 3.05) is 18.0 Å². The number of rotatable bonds is 2. The minimum atomic E-state index is 0.600. The number of hydrogen-bond donors (Lipinski definition) is 0. The molecule has 0 atom stereocenters. The summed E-state index contributed by atoms with van der Waals surface area (Å²) < 4.78 is 2.07. The molecule has 2 aliphatic carbocycles. The first-order valence-electron chi connectivity index (χ1n) is 9.43. The molecule has 3 aliphatic rings. The van der Waals surface area contributed by atoms with Crippen molar-refractivity contribution in [2.24, 2.45) is 0 Å². The lowest BCUT2D eigenvalue weighted by atomic mass is 9.95. The van der Waals surface area contributed by atoms with Gasteiger partial charge in [-0.15, -0.1) is 0 Å². The maximum absolute atomic E-state index is 9.61. The molecule has 3 heterocycles. The van der Waals surface area contributed by atoms with E-state index in [1.165, 1.54) is 36.9 Å². The van der Waals surface area contributed by atoms with E-state index in [-0.39, 0.29) is 0 Å². The molecule has 1 fully saturated rings. The summed E-state index contributed by atoms with van der Waals surface area (Å²) in [7, 11) is 0. The van der Waals surface area contributed by atoms with Crippen molar-refractivity contribution in [1.29, 1.82) is 5.26 Å². The summed E-state index contributed by atoms with van der Waals surface area (Å²) in [5.74, 6) is 3.58. The van der Waals surface area contributed by atoms with E-state index in [9.17, 15) is 5.26 Å². The van der Waals surface area contributed by atoms with Crippen LogP contribution in [0.15, 0.2) is 6.07 Å². The number of nitrogens with zero attached hydrogens (tertiary/aromatic N) is 6. The molecule has 25 heavy (non-hydrogen) atoms. The highest BCUT2D eigenvalue weighted by molar-refractivity contribution is 5.56. The highest BCUT2D eigenvalue weighted by Gasteiger charge is 2.30. The van der Waals surface area contributed by atoms with Gasteiger partial charge in [0, 0.05) is 31.1 Å². The molecule has 0 radical (unpaired) electrons. The molecule has 0 spiro atoms. The van der Waals surface area contributed by atoms with Crippen LogP contribution in [0.25, 0.3) is 0 Å². The lowest BCUT2D eigenvalue weighted by Gasteiger charge is -2.25. The summed E-state index contributed by atoms with van der Waals surface area (Å²) in [4.78, 5) is 11.9. The standard InChI is InChI=1S/C19H22N6/c20-12-15-11-14-3-1-2-4-16(14)21-19(15)24-8-7-17-22-18(13-5-6-13)23-25(17)10-9-24/h11,13H,1-10H2. The second kappa shape index (κ2) is 5.83. The van der Waals surface area contributed by atoms with Crippen LogP contribution in [0.3, 0.4) is 0 Å². The Hall–Kier alpha value is -2.42. The minimum Gasteiger partial charge on any atom is -0.353 e. The van der Waals surface area contributed by atoms with Crippen LogP contribution in [0.4, 0.5) is 5.82 Å². The molecule has 0 N–H and O–H groups in total. The van der Waals surface area contributed by atoms with Crippen molar-refractivity contribution >= 4 is 5.82 Å². The Labute approximate surface area is 147 Å². The number of nitriles is 1. The third-order valence-electron chi connectivity index (χ3n) is 5.59. The molecule has 6 nitrogen and oxygen atoms in total. The van der Waals surface area contributed by atoms with Gasteiger partial charge in [0.05, 0.1) is 12.1 Å². The summed E-state index contributed by atoms with van der Waals surface area (Å²) >= 11 is 0. The normalized spacial score (nSPS) is 19.7. The molecule has 1 saturated carbocycles. The van der Waals surface area contributed by atoms with Gasteiger partial charge in [0.1, 0.15) is 17.7 Å². The average Bonchev–Trinajstić information content (AvgIpc) is 3.45. The fraction of sp³-hybridized carbons (Fsp3) is 0.579. The Balaban J connectivity index is 1.42. The molecule has 0 aromatic carbocycles. The molecule has 5 rings (SSSR count). The first-order valence-corrected chi connectivity index (χ1v) is 9.43. The Bertz CT molecular complexity index is 832. The molecule has 0 saturated heterocycles. The third-order valence-corrected chi connectivity index (χ3v) is 5.59. The van der Waals surface area contributed by atoms with E-state index in [1.807, 2.05) is 0 Å². The fourth-order valence-electron chi connectivity index (χ4n) is 3.99. The van der Waals surface area contributed by atoms with Gasteiger partial charge in [-0.1, -0.05) is 0 Å². The number of hydrogen-bond acceptors (Lipinski definition) is 5. The van der Waals surface area contributed by atoms with Crippen LogP contribution in [0.5, 0.6) is 0 Å². The van der Waals surface area contributed by atoms with Crippen LogP contribution in [-0.2, 0) is 25.8 Å². The van der Waals surface area contributed by atoms with E-state index in [1.54, 1.807) is 0 Å². The van der Waals surface area contributed by atoms with Crippen molar-refractivity contribution in [3.05, 3.63) is 34.5 Å². The monoisotopic (exact) mass is 334 g/mol. The third kappa shape index (κ3) is 2.68.